The Bertz CT molecular complexity index is 1010. The SMILES string of the molecule is CC(=O)OC[C@H]1O[C@@H](n2c(Cl)nc3cc(F)c(Cl)cc32)[C@H](OC(C)=O)[C@@H]1OC(C)=O. The second-order valence-electron chi connectivity index (χ2n) is 6.52. The number of halogens is 3. The smallest absolute Gasteiger partial charge is 0.303 e. The summed E-state index contributed by atoms with van der Waals surface area (Å²) in [6, 6.07) is 2.38. The molecule has 0 radical (unpaired) electrons. The molecule has 0 spiro atoms. The average molecular weight is 463 g/mol. The van der Waals surface area contributed by atoms with Crippen LogP contribution >= 0.6 is 23.2 Å². The molecule has 162 valence electrons. The lowest BCUT2D eigenvalue weighted by molar-refractivity contribution is -0.166. The first-order valence-electron chi connectivity index (χ1n) is 8.74. The molecule has 0 bridgehead atoms. The number of hydrogen-bond acceptors (Lipinski definition) is 8. The normalized spacial score (nSPS) is 23.4. The molecular weight excluding hydrogens is 446 g/mol. The molecule has 2 heterocycles. The molecule has 4 atom stereocenters. The number of rotatable bonds is 5. The van der Waals surface area contributed by atoms with Crippen LogP contribution in [0.3, 0.4) is 0 Å². The molecule has 1 aliphatic rings. The van der Waals surface area contributed by atoms with Crippen LogP contribution in [0.15, 0.2) is 12.1 Å². The van der Waals surface area contributed by atoms with E-state index < -0.39 is 48.3 Å². The van der Waals surface area contributed by atoms with Crippen LogP contribution in [0.2, 0.25) is 10.3 Å². The van der Waals surface area contributed by atoms with Crippen LogP contribution in [0, 0.1) is 5.82 Å². The van der Waals surface area contributed by atoms with E-state index in [0.29, 0.717) is 5.52 Å². The Morgan fingerprint density at radius 1 is 1.10 bits per heavy atom. The number of imidazole rings is 1. The number of carbonyl (C=O) groups excluding carboxylic acids is 3. The van der Waals surface area contributed by atoms with E-state index in [-0.39, 0.29) is 22.4 Å². The Hall–Kier alpha value is -2.43. The zero-order chi connectivity index (χ0) is 22.2. The topological polar surface area (TPSA) is 106 Å². The van der Waals surface area contributed by atoms with E-state index in [4.69, 9.17) is 42.1 Å². The zero-order valence-electron chi connectivity index (χ0n) is 16.1. The van der Waals surface area contributed by atoms with E-state index in [1.807, 2.05) is 0 Å². The standard InChI is InChI=1S/C18H17Cl2FN2O7/c1-7(24)27-6-14-15(28-8(2)25)16(29-9(3)26)17(30-14)23-13-4-10(19)11(21)5-12(13)22-18(23)20/h4-5,14-17H,6H2,1-3H3/t14-,15-,16-,17-/m1/s1. The van der Waals surface area contributed by atoms with Gasteiger partial charge in [-0.1, -0.05) is 11.6 Å². The number of ether oxygens (including phenoxy) is 4. The van der Waals surface area contributed by atoms with Crippen LogP contribution in [-0.2, 0) is 33.3 Å². The quantitative estimate of drug-likeness (QED) is 0.493. The van der Waals surface area contributed by atoms with Crippen molar-refractivity contribution in [2.45, 2.75) is 45.3 Å². The van der Waals surface area contributed by atoms with Crippen molar-refractivity contribution in [1.29, 1.82) is 0 Å². The number of aromatic nitrogens is 2. The fraction of sp³-hybridized carbons (Fsp3) is 0.444. The highest BCUT2D eigenvalue weighted by molar-refractivity contribution is 6.32. The van der Waals surface area contributed by atoms with Crippen molar-refractivity contribution in [2.24, 2.45) is 0 Å². The number of benzene rings is 1. The van der Waals surface area contributed by atoms with Gasteiger partial charge in [0, 0.05) is 26.8 Å². The van der Waals surface area contributed by atoms with Crippen LogP contribution in [-0.4, -0.2) is 52.4 Å². The third kappa shape index (κ3) is 4.50. The van der Waals surface area contributed by atoms with E-state index in [1.165, 1.54) is 31.4 Å². The predicted octanol–water partition coefficient (Wildman–Crippen LogP) is 2.81. The highest BCUT2D eigenvalue weighted by atomic mass is 35.5. The van der Waals surface area contributed by atoms with Crippen molar-refractivity contribution >= 4 is 52.1 Å². The van der Waals surface area contributed by atoms with Gasteiger partial charge in [-0.25, -0.2) is 9.37 Å². The van der Waals surface area contributed by atoms with Gasteiger partial charge in [-0.2, -0.15) is 0 Å². The minimum atomic E-state index is -1.16. The monoisotopic (exact) mass is 462 g/mol. The summed E-state index contributed by atoms with van der Waals surface area (Å²) in [4.78, 5) is 38.7. The lowest BCUT2D eigenvalue weighted by atomic mass is 10.1. The van der Waals surface area contributed by atoms with Crippen molar-refractivity contribution in [3.8, 4) is 0 Å². The van der Waals surface area contributed by atoms with Crippen LogP contribution < -0.4 is 0 Å². The lowest BCUT2D eigenvalue weighted by Crippen LogP contribution is -2.40. The Kier molecular flexibility index (Phi) is 6.49. The molecular formula is C18H17Cl2FN2O7. The van der Waals surface area contributed by atoms with Crippen molar-refractivity contribution in [2.75, 3.05) is 6.61 Å². The van der Waals surface area contributed by atoms with Gasteiger partial charge >= 0.3 is 17.9 Å². The first-order chi connectivity index (χ1) is 14.1. The summed E-state index contributed by atoms with van der Waals surface area (Å²) in [5.74, 6) is -2.62. The molecule has 3 rings (SSSR count). The van der Waals surface area contributed by atoms with Crippen LogP contribution in [0.4, 0.5) is 4.39 Å². The molecule has 0 aliphatic carbocycles. The first kappa shape index (κ1) is 22.3. The molecule has 1 aromatic carbocycles. The molecule has 1 aromatic heterocycles. The second kappa shape index (κ2) is 8.75. The molecule has 0 unspecified atom stereocenters. The maximum absolute atomic E-state index is 13.8. The van der Waals surface area contributed by atoms with E-state index in [9.17, 15) is 18.8 Å². The van der Waals surface area contributed by atoms with Crippen LogP contribution in [0.5, 0.6) is 0 Å². The fourth-order valence-electron chi connectivity index (χ4n) is 3.20. The molecule has 0 amide bonds. The number of hydrogen-bond donors (Lipinski definition) is 0. The zero-order valence-corrected chi connectivity index (χ0v) is 17.6. The molecule has 2 aromatic rings. The molecule has 1 fully saturated rings. The summed E-state index contributed by atoms with van der Waals surface area (Å²) in [6.45, 7) is 3.26. The number of fused-ring (bicyclic) bond motifs is 1. The lowest BCUT2D eigenvalue weighted by Gasteiger charge is -2.24. The Balaban J connectivity index is 2.09. The third-order valence-corrected chi connectivity index (χ3v) is 4.84. The second-order valence-corrected chi connectivity index (χ2v) is 7.27. The number of nitrogens with zero attached hydrogens (tertiary/aromatic N) is 2. The fourth-order valence-corrected chi connectivity index (χ4v) is 3.64. The highest BCUT2D eigenvalue weighted by Gasteiger charge is 2.51. The predicted molar refractivity (Wildman–Crippen MR) is 101 cm³/mol. The Morgan fingerprint density at radius 2 is 1.73 bits per heavy atom. The minimum absolute atomic E-state index is 0.108. The van der Waals surface area contributed by atoms with Crippen LogP contribution in [0.1, 0.15) is 27.0 Å². The molecule has 0 N–H and O–H groups in total. The summed E-state index contributed by atoms with van der Waals surface area (Å²) >= 11 is 12.2. The summed E-state index contributed by atoms with van der Waals surface area (Å²) in [5, 5.41) is -0.293. The molecule has 9 nitrogen and oxygen atoms in total. The maximum atomic E-state index is 13.8. The van der Waals surface area contributed by atoms with Gasteiger partial charge in [-0.15, -0.1) is 0 Å². The number of carbonyl (C=O) groups is 3. The summed E-state index contributed by atoms with van der Waals surface area (Å²) in [5.41, 5.74) is 0.475. The van der Waals surface area contributed by atoms with Gasteiger partial charge in [0.25, 0.3) is 0 Å². The molecule has 0 saturated carbocycles. The Labute approximate surface area is 179 Å². The molecule has 30 heavy (non-hydrogen) atoms. The minimum Gasteiger partial charge on any atom is -0.463 e. The third-order valence-electron chi connectivity index (χ3n) is 4.28. The molecule has 1 saturated heterocycles. The maximum Gasteiger partial charge on any atom is 0.303 e. The van der Waals surface area contributed by atoms with E-state index in [1.54, 1.807) is 0 Å². The van der Waals surface area contributed by atoms with Gasteiger partial charge < -0.3 is 18.9 Å². The van der Waals surface area contributed by atoms with Gasteiger partial charge in [0.1, 0.15) is 18.5 Å². The van der Waals surface area contributed by atoms with Crippen LogP contribution in [0.25, 0.3) is 11.0 Å². The van der Waals surface area contributed by atoms with Gasteiger partial charge in [-0.3, -0.25) is 19.0 Å². The van der Waals surface area contributed by atoms with Crippen molar-refractivity contribution in [3.63, 3.8) is 0 Å². The van der Waals surface area contributed by atoms with Crippen molar-refractivity contribution in [1.82, 2.24) is 9.55 Å². The summed E-state index contributed by atoms with van der Waals surface area (Å²) < 4.78 is 36.7. The average Bonchev–Trinajstić information content (AvgIpc) is 3.10. The summed E-state index contributed by atoms with van der Waals surface area (Å²) in [6.07, 6.45) is -4.37. The van der Waals surface area contributed by atoms with Crippen molar-refractivity contribution in [3.05, 3.63) is 28.3 Å². The Morgan fingerprint density at radius 3 is 2.33 bits per heavy atom. The van der Waals surface area contributed by atoms with E-state index in [0.717, 1.165) is 6.07 Å². The highest BCUT2D eigenvalue weighted by Crippen LogP contribution is 2.39. The number of esters is 3. The van der Waals surface area contributed by atoms with Gasteiger partial charge in [0.05, 0.1) is 16.1 Å². The van der Waals surface area contributed by atoms with Gasteiger partial charge in [-0.05, 0) is 17.7 Å². The van der Waals surface area contributed by atoms with Gasteiger partial charge in [0.2, 0.25) is 5.28 Å². The van der Waals surface area contributed by atoms with E-state index in [2.05, 4.69) is 4.98 Å². The first-order valence-corrected chi connectivity index (χ1v) is 9.49. The molecule has 1 aliphatic heterocycles. The summed E-state index contributed by atoms with van der Waals surface area (Å²) in [7, 11) is 0. The molecule has 12 heteroatoms. The van der Waals surface area contributed by atoms with Crippen molar-refractivity contribution < 1.29 is 37.7 Å². The largest absolute Gasteiger partial charge is 0.463 e. The van der Waals surface area contributed by atoms with Gasteiger partial charge in [0.15, 0.2) is 18.4 Å². The van der Waals surface area contributed by atoms with E-state index >= 15 is 0 Å².